The van der Waals surface area contributed by atoms with Gasteiger partial charge in [-0.1, -0.05) is 36.7 Å². The number of carbonyl (C=O) groups is 1. The topological polar surface area (TPSA) is 56.1 Å². The van der Waals surface area contributed by atoms with Crippen LogP contribution in [-0.2, 0) is 17.8 Å². The Bertz CT molecular complexity index is 1390. The lowest BCUT2D eigenvalue weighted by Crippen LogP contribution is -2.07. The van der Waals surface area contributed by atoms with Crippen molar-refractivity contribution in [2.45, 2.75) is 46.1 Å². The Morgan fingerprint density at radius 3 is 2.85 bits per heavy atom. The average molecular weight is 474 g/mol. The maximum Gasteiger partial charge on any atom is 0.130 e. The Kier molecular flexibility index (Phi) is 6.05. The number of hydrogen-bond acceptors (Lipinski definition) is 4. The van der Waals surface area contributed by atoms with Gasteiger partial charge in [0, 0.05) is 47.6 Å². The molecule has 0 fully saturated rings. The van der Waals surface area contributed by atoms with Crippen LogP contribution >= 0.6 is 11.6 Å². The molecule has 1 aliphatic rings. The molecule has 1 unspecified atom stereocenters. The number of nitrogens with zero attached hydrogens (tertiary/aromatic N) is 2. The van der Waals surface area contributed by atoms with Crippen molar-refractivity contribution in [1.29, 1.82) is 0 Å². The maximum absolute atomic E-state index is 11.5. The highest BCUT2D eigenvalue weighted by molar-refractivity contribution is 6.31. The summed E-state index contributed by atoms with van der Waals surface area (Å²) in [4.78, 5) is 16.4. The quantitative estimate of drug-likeness (QED) is 0.328. The first-order valence-electron chi connectivity index (χ1n) is 11.7. The second-order valence-corrected chi connectivity index (χ2v) is 9.37. The standard InChI is InChI=1S/C28H28ClN3O2/c1-4-28-31-24-11-8-21(29)13-26(24)32(28)25-7-5-6-19(18(25)3)15-30-22-9-10-23-20(12-17(2)33)16-34-27(23)14-22/h5-11,13-14,20,30H,4,12,15-16H2,1-3H3. The molecule has 34 heavy (non-hydrogen) atoms. The van der Waals surface area contributed by atoms with Gasteiger partial charge in [0.15, 0.2) is 0 Å². The molecule has 3 aromatic carbocycles. The molecule has 2 heterocycles. The molecule has 1 N–H and O–H groups in total. The van der Waals surface area contributed by atoms with Crippen LogP contribution < -0.4 is 10.1 Å². The first-order chi connectivity index (χ1) is 16.4. The predicted molar refractivity (Wildman–Crippen MR) is 137 cm³/mol. The number of anilines is 1. The van der Waals surface area contributed by atoms with Gasteiger partial charge in [-0.05, 0) is 55.3 Å². The van der Waals surface area contributed by atoms with Crippen LogP contribution in [-0.4, -0.2) is 21.9 Å². The van der Waals surface area contributed by atoms with Crippen LogP contribution in [0.1, 0.15) is 48.7 Å². The Morgan fingerprint density at radius 1 is 1.21 bits per heavy atom. The van der Waals surface area contributed by atoms with E-state index in [9.17, 15) is 4.79 Å². The highest BCUT2D eigenvalue weighted by Crippen LogP contribution is 2.38. The zero-order valence-electron chi connectivity index (χ0n) is 19.7. The van der Waals surface area contributed by atoms with Crippen molar-refractivity contribution in [2.75, 3.05) is 11.9 Å². The van der Waals surface area contributed by atoms with Crippen molar-refractivity contribution in [1.82, 2.24) is 9.55 Å². The van der Waals surface area contributed by atoms with E-state index in [1.165, 1.54) is 11.1 Å². The number of ether oxygens (including phenoxy) is 1. The predicted octanol–water partition coefficient (Wildman–Crippen LogP) is 6.62. The Labute approximate surface area is 204 Å². The second kappa shape index (κ2) is 9.15. The lowest BCUT2D eigenvalue weighted by atomic mass is 9.96. The third-order valence-electron chi connectivity index (χ3n) is 6.57. The molecule has 0 aliphatic carbocycles. The second-order valence-electron chi connectivity index (χ2n) is 8.93. The van der Waals surface area contributed by atoms with Crippen LogP contribution in [0.2, 0.25) is 5.02 Å². The van der Waals surface area contributed by atoms with E-state index in [0.29, 0.717) is 24.6 Å². The summed E-state index contributed by atoms with van der Waals surface area (Å²) < 4.78 is 8.08. The molecular weight excluding hydrogens is 446 g/mol. The Hall–Kier alpha value is -3.31. The van der Waals surface area contributed by atoms with Crippen molar-refractivity contribution in [3.8, 4) is 11.4 Å². The molecule has 0 bridgehead atoms. The van der Waals surface area contributed by atoms with Crippen molar-refractivity contribution in [3.63, 3.8) is 0 Å². The summed E-state index contributed by atoms with van der Waals surface area (Å²) in [5.74, 6) is 2.24. The molecule has 0 radical (unpaired) electrons. The average Bonchev–Trinajstić information content (AvgIpc) is 3.38. The van der Waals surface area contributed by atoms with E-state index in [4.69, 9.17) is 21.3 Å². The molecular formula is C28H28ClN3O2. The number of hydrogen-bond donors (Lipinski definition) is 1. The Balaban J connectivity index is 1.41. The number of aryl methyl sites for hydroxylation is 1. The lowest BCUT2D eigenvalue weighted by Gasteiger charge is -2.16. The van der Waals surface area contributed by atoms with Crippen molar-refractivity contribution >= 4 is 34.1 Å². The summed E-state index contributed by atoms with van der Waals surface area (Å²) in [6.45, 7) is 7.17. The molecule has 0 saturated carbocycles. The van der Waals surface area contributed by atoms with Crippen molar-refractivity contribution in [2.24, 2.45) is 0 Å². The van der Waals surface area contributed by atoms with Gasteiger partial charge in [0.2, 0.25) is 0 Å². The first kappa shape index (κ1) is 22.5. The summed E-state index contributed by atoms with van der Waals surface area (Å²) in [5.41, 5.74) is 7.61. The fourth-order valence-electron chi connectivity index (χ4n) is 4.81. The summed E-state index contributed by atoms with van der Waals surface area (Å²) in [6.07, 6.45) is 1.35. The highest BCUT2D eigenvalue weighted by atomic mass is 35.5. The van der Waals surface area contributed by atoms with Crippen molar-refractivity contribution < 1.29 is 9.53 Å². The minimum atomic E-state index is 0.159. The molecule has 1 aromatic heterocycles. The first-order valence-corrected chi connectivity index (χ1v) is 12.1. The number of aromatic nitrogens is 2. The van der Waals surface area contributed by atoms with Crippen LogP contribution in [0, 0.1) is 6.92 Å². The van der Waals surface area contributed by atoms with Crippen LogP contribution in [0.4, 0.5) is 5.69 Å². The molecule has 1 aliphatic heterocycles. The van der Waals surface area contributed by atoms with Crippen LogP contribution in [0.5, 0.6) is 5.75 Å². The van der Waals surface area contributed by atoms with Gasteiger partial charge in [-0.25, -0.2) is 4.98 Å². The molecule has 4 aromatic rings. The smallest absolute Gasteiger partial charge is 0.130 e. The summed E-state index contributed by atoms with van der Waals surface area (Å²) >= 11 is 6.32. The van der Waals surface area contributed by atoms with Gasteiger partial charge in [0.05, 0.1) is 23.3 Å². The van der Waals surface area contributed by atoms with Crippen LogP contribution in [0.15, 0.2) is 54.6 Å². The number of ketones is 1. The number of halogens is 1. The van der Waals surface area contributed by atoms with E-state index in [0.717, 1.165) is 46.0 Å². The van der Waals surface area contributed by atoms with E-state index < -0.39 is 0 Å². The highest BCUT2D eigenvalue weighted by Gasteiger charge is 2.25. The SMILES string of the molecule is CCc1nc2ccc(Cl)cc2n1-c1cccc(CNc2ccc3c(c2)OCC3CC(C)=O)c1C. The number of imidazole rings is 1. The van der Waals surface area contributed by atoms with Gasteiger partial charge < -0.3 is 14.8 Å². The molecule has 5 nitrogen and oxygen atoms in total. The van der Waals surface area contributed by atoms with Crippen LogP contribution in [0.3, 0.4) is 0 Å². The normalized spacial score (nSPS) is 14.8. The van der Waals surface area contributed by atoms with Gasteiger partial charge in [0.1, 0.15) is 17.4 Å². The van der Waals surface area contributed by atoms with E-state index in [1.807, 2.05) is 24.3 Å². The molecule has 0 spiro atoms. The summed E-state index contributed by atoms with van der Waals surface area (Å²) in [5, 5.41) is 4.25. The van der Waals surface area contributed by atoms with E-state index >= 15 is 0 Å². The van der Waals surface area contributed by atoms with E-state index in [1.54, 1.807) is 6.92 Å². The van der Waals surface area contributed by atoms with E-state index in [-0.39, 0.29) is 11.7 Å². The maximum atomic E-state index is 11.5. The third kappa shape index (κ3) is 4.16. The number of benzene rings is 3. The molecule has 0 saturated heterocycles. The van der Waals surface area contributed by atoms with Gasteiger partial charge in [-0.3, -0.25) is 4.57 Å². The molecule has 6 heteroatoms. The van der Waals surface area contributed by atoms with Crippen LogP contribution in [0.25, 0.3) is 16.7 Å². The lowest BCUT2D eigenvalue weighted by molar-refractivity contribution is -0.117. The largest absolute Gasteiger partial charge is 0.493 e. The minimum Gasteiger partial charge on any atom is -0.493 e. The number of Topliss-reactive ketones (excluding diaryl/α,β-unsaturated/α-hetero) is 1. The fourth-order valence-corrected chi connectivity index (χ4v) is 4.97. The summed E-state index contributed by atoms with van der Waals surface area (Å²) in [7, 11) is 0. The fraction of sp³-hybridized carbons (Fsp3) is 0.286. The zero-order valence-corrected chi connectivity index (χ0v) is 20.4. The molecule has 5 rings (SSSR count). The van der Waals surface area contributed by atoms with Gasteiger partial charge >= 0.3 is 0 Å². The number of nitrogens with one attached hydrogen (secondary N) is 1. The monoisotopic (exact) mass is 473 g/mol. The molecule has 0 amide bonds. The number of fused-ring (bicyclic) bond motifs is 2. The third-order valence-corrected chi connectivity index (χ3v) is 6.81. The minimum absolute atomic E-state index is 0.159. The van der Waals surface area contributed by atoms with E-state index in [2.05, 4.69) is 54.1 Å². The van der Waals surface area contributed by atoms with Gasteiger partial charge in [0.25, 0.3) is 0 Å². The molecule has 1 atom stereocenters. The van der Waals surface area contributed by atoms with Gasteiger partial charge in [-0.15, -0.1) is 0 Å². The van der Waals surface area contributed by atoms with Gasteiger partial charge in [-0.2, -0.15) is 0 Å². The molecule has 174 valence electrons. The van der Waals surface area contributed by atoms with Crippen molar-refractivity contribution in [3.05, 3.63) is 82.1 Å². The number of carbonyl (C=O) groups excluding carboxylic acids is 1. The zero-order chi connectivity index (χ0) is 23.8. The number of rotatable bonds is 7. The Morgan fingerprint density at radius 2 is 2.06 bits per heavy atom. The summed E-state index contributed by atoms with van der Waals surface area (Å²) in [6, 6.07) is 18.4.